The van der Waals surface area contributed by atoms with Crippen LogP contribution in [0, 0.1) is 0 Å². The topological polar surface area (TPSA) is 85.9 Å². The lowest BCUT2D eigenvalue weighted by molar-refractivity contribution is -0.144. The van der Waals surface area contributed by atoms with Gasteiger partial charge in [0.15, 0.2) is 0 Å². The Kier molecular flexibility index (Phi) is 5.72. The molecule has 1 atom stereocenters. The average molecular weight is 407 g/mol. The maximum absolute atomic E-state index is 12.5. The number of carboxylic acids is 1. The first-order valence-corrected chi connectivity index (χ1v) is 10.1. The van der Waals surface area contributed by atoms with E-state index in [2.05, 4.69) is 4.98 Å². The number of amides is 1. The second-order valence-corrected chi connectivity index (χ2v) is 7.29. The summed E-state index contributed by atoms with van der Waals surface area (Å²) in [5.74, 6) is -0.901. The lowest BCUT2D eigenvalue weighted by Gasteiger charge is -2.37. The normalized spacial score (nSPS) is 15.8. The van der Waals surface area contributed by atoms with Gasteiger partial charge in [0, 0.05) is 42.6 Å². The molecule has 3 aromatic rings. The molecule has 0 saturated carbocycles. The number of aliphatic carboxylic acids is 1. The van der Waals surface area contributed by atoms with Crippen LogP contribution in [-0.4, -0.2) is 64.7 Å². The zero-order valence-electron chi connectivity index (χ0n) is 16.9. The van der Waals surface area contributed by atoms with Gasteiger partial charge in [-0.25, -0.2) is 4.79 Å². The van der Waals surface area contributed by atoms with Gasteiger partial charge in [-0.1, -0.05) is 48.5 Å². The third-order valence-electron chi connectivity index (χ3n) is 5.52. The monoisotopic (exact) mass is 407 g/mol. The van der Waals surface area contributed by atoms with E-state index in [9.17, 15) is 14.7 Å². The Hall–Kier alpha value is -3.32. The van der Waals surface area contributed by atoms with Crippen molar-refractivity contribution in [3.05, 3.63) is 60.2 Å². The molecule has 2 N–H and O–H groups in total. The molecule has 1 aromatic heterocycles. The van der Waals surface area contributed by atoms with E-state index in [0.717, 1.165) is 27.7 Å². The number of benzene rings is 2. The Labute approximate surface area is 174 Å². The Morgan fingerprint density at radius 2 is 1.70 bits per heavy atom. The number of nitrogens with one attached hydrogen (secondary N) is 1. The van der Waals surface area contributed by atoms with Crippen molar-refractivity contribution >= 4 is 23.0 Å². The first kappa shape index (κ1) is 20.0. The van der Waals surface area contributed by atoms with Crippen molar-refractivity contribution in [1.82, 2.24) is 14.8 Å². The smallest absolute Gasteiger partial charge is 0.409 e. The zero-order chi connectivity index (χ0) is 21.1. The van der Waals surface area contributed by atoms with E-state index in [1.165, 1.54) is 0 Å². The lowest BCUT2D eigenvalue weighted by Crippen LogP contribution is -2.51. The Morgan fingerprint density at radius 1 is 1.03 bits per heavy atom. The van der Waals surface area contributed by atoms with Crippen LogP contribution in [0.15, 0.2) is 54.6 Å². The van der Waals surface area contributed by atoms with Crippen molar-refractivity contribution in [3.8, 4) is 11.3 Å². The maximum atomic E-state index is 12.5. The molecule has 0 spiro atoms. The fourth-order valence-electron chi connectivity index (χ4n) is 4.12. The van der Waals surface area contributed by atoms with E-state index in [1.807, 2.05) is 59.5 Å². The molecule has 2 aromatic carbocycles. The lowest BCUT2D eigenvalue weighted by atomic mass is 9.97. The van der Waals surface area contributed by atoms with Gasteiger partial charge in [0.05, 0.1) is 12.3 Å². The van der Waals surface area contributed by atoms with Crippen molar-refractivity contribution in [3.63, 3.8) is 0 Å². The number of carbonyl (C=O) groups excluding carboxylic acids is 1. The summed E-state index contributed by atoms with van der Waals surface area (Å²) < 4.78 is 5.08. The molecule has 4 rings (SSSR count). The van der Waals surface area contributed by atoms with Crippen molar-refractivity contribution in [1.29, 1.82) is 0 Å². The molecule has 0 bridgehead atoms. The summed E-state index contributed by atoms with van der Waals surface area (Å²) in [6.45, 7) is 3.90. The number of piperazine rings is 1. The predicted octanol–water partition coefficient (Wildman–Crippen LogP) is 3.73. The molecule has 1 saturated heterocycles. The van der Waals surface area contributed by atoms with Crippen molar-refractivity contribution in [2.75, 3.05) is 32.8 Å². The van der Waals surface area contributed by atoms with E-state index in [-0.39, 0.29) is 6.09 Å². The summed E-state index contributed by atoms with van der Waals surface area (Å²) in [6.07, 6.45) is -0.346. The van der Waals surface area contributed by atoms with E-state index in [0.29, 0.717) is 32.8 Å². The predicted molar refractivity (Wildman–Crippen MR) is 114 cm³/mol. The Balaban J connectivity index is 1.72. The van der Waals surface area contributed by atoms with E-state index in [1.54, 1.807) is 11.8 Å². The van der Waals surface area contributed by atoms with Gasteiger partial charge in [-0.3, -0.25) is 9.69 Å². The van der Waals surface area contributed by atoms with Crippen LogP contribution < -0.4 is 0 Å². The molecule has 0 aliphatic carbocycles. The fraction of sp³-hybridized carbons (Fsp3) is 0.304. The first-order valence-electron chi connectivity index (χ1n) is 10.1. The first-order chi connectivity index (χ1) is 14.6. The molecule has 2 heterocycles. The molecule has 7 nitrogen and oxygen atoms in total. The van der Waals surface area contributed by atoms with E-state index >= 15 is 0 Å². The highest BCUT2D eigenvalue weighted by Crippen LogP contribution is 2.37. The summed E-state index contributed by atoms with van der Waals surface area (Å²) in [6, 6.07) is 16.7. The summed E-state index contributed by atoms with van der Waals surface area (Å²) >= 11 is 0. The Bertz CT molecular complexity index is 1040. The SMILES string of the molecule is CCOC(=O)N1CCN([C@@H](C(=O)O)c2c(-c3ccccc3)[nH]c3ccccc23)CC1. The van der Waals surface area contributed by atoms with Crippen LogP contribution in [0.3, 0.4) is 0 Å². The van der Waals surface area contributed by atoms with Gasteiger partial charge in [0.25, 0.3) is 0 Å². The van der Waals surface area contributed by atoms with Gasteiger partial charge in [-0.05, 0) is 18.6 Å². The highest BCUT2D eigenvalue weighted by Gasteiger charge is 2.35. The van der Waals surface area contributed by atoms with Gasteiger partial charge in [-0.15, -0.1) is 0 Å². The average Bonchev–Trinajstić information content (AvgIpc) is 3.14. The summed E-state index contributed by atoms with van der Waals surface area (Å²) in [5.41, 5.74) is 3.42. The molecule has 1 aliphatic rings. The zero-order valence-corrected chi connectivity index (χ0v) is 16.9. The minimum Gasteiger partial charge on any atom is -0.480 e. The number of fused-ring (bicyclic) bond motifs is 1. The molecular formula is C23H25N3O4. The van der Waals surface area contributed by atoms with Crippen molar-refractivity contribution < 1.29 is 19.4 Å². The highest BCUT2D eigenvalue weighted by atomic mass is 16.6. The number of hydrogen-bond donors (Lipinski definition) is 2. The standard InChI is InChI=1S/C23H25N3O4/c1-2-30-23(29)26-14-12-25(13-15-26)21(22(27)28)19-17-10-6-7-11-18(17)24-20(19)16-8-4-3-5-9-16/h3-11,21,24H,2,12-15H2,1H3,(H,27,28)/t21-/m1/s1. The Morgan fingerprint density at radius 3 is 2.37 bits per heavy atom. The van der Waals surface area contributed by atoms with Gasteiger partial charge in [0.1, 0.15) is 6.04 Å². The highest BCUT2D eigenvalue weighted by molar-refractivity contribution is 5.95. The number of para-hydroxylation sites is 1. The molecule has 1 aliphatic heterocycles. The van der Waals surface area contributed by atoms with Crippen LogP contribution in [-0.2, 0) is 9.53 Å². The van der Waals surface area contributed by atoms with Crippen LogP contribution in [0.5, 0.6) is 0 Å². The number of carbonyl (C=O) groups is 2. The molecule has 1 fully saturated rings. The quantitative estimate of drug-likeness (QED) is 0.673. The van der Waals surface area contributed by atoms with Crippen molar-refractivity contribution in [2.24, 2.45) is 0 Å². The van der Waals surface area contributed by atoms with Crippen molar-refractivity contribution in [2.45, 2.75) is 13.0 Å². The molecule has 0 radical (unpaired) electrons. The minimum atomic E-state index is -0.901. The fourth-order valence-corrected chi connectivity index (χ4v) is 4.12. The van der Waals surface area contributed by atoms with Crippen LogP contribution >= 0.6 is 0 Å². The number of aromatic amines is 1. The number of rotatable bonds is 5. The molecule has 7 heteroatoms. The van der Waals surface area contributed by atoms with Gasteiger partial charge < -0.3 is 19.7 Å². The molecule has 1 amide bonds. The second kappa shape index (κ2) is 8.59. The molecular weight excluding hydrogens is 382 g/mol. The van der Waals surface area contributed by atoms with Crippen LogP contribution in [0.2, 0.25) is 0 Å². The molecule has 30 heavy (non-hydrogen) atoms. The van der Waals surface area contributed by atoms with Gasteiger partial charge >= 0.3 is 12.1 Å². The van der Waals surface area contributed by atoms with E-state index < -0.39 is 12.0 Å². The number of carboxylic acid groups (broad SMARTS) is 1. The number of aromatic nitrogens is 1. The largest absolute Gasteiger partial charge is 0.480 e. The van der Waals surface area contributed by atoms with Crippen LogP contribution in [0.1, 0.15) is 18.5 Å². The summed E-state index contributed by atoms with van der Waals surface area (Å²) in [7, 11) is 0. The van der Waals surface area contributed by atoms with Crippen LogP contribution in [0.25, 0.3) is 22.2 Å². The number of ether oxygens (including phenoxy) is 1. The number of hydrogen-bond acceptors (Lipinski definition) is 4. The maximum Gasteiger partial charge on any atom is 0.409 e. The van der Waals surface area contributed by atoms with Crippen LogP contribution in [0.4, 0.5) is 4.79 Å². The number of nitrogens with zero attached hydrogens (tertiary/aromatic N) is 2. The molecule has 0 unspecified atom stereocenters. The van der Waals surface area contributed by atoms with E-state index in [4.69, 9.17) is 4.74 Å². The number of H-pyrrole nitrogens is 1. The minimum absolute atomic E-state index is 0.326. The summed E-state index contributed by atoms with van der Waals surface area (Å²) in [4.78, 5) is 31.5. The second-order valence-electron chi connectivity index (χ2n) is 7.29. The third kappa shape index (κ3) is 3.76. The summed E-state index contributed by atoms with van der Waals surface area (Å²) in [5, 5.41) is 11.1. The third-order valence-corrected chi connectivity index (χ3v) is 5.52. The van der Waals surface area contributed by atoms with Gasteiger partial charge in [-0.2, -0.15) is 0 Å². The van der Waals surface area contributed by atoms with Gasteiger partial charge in [0.2, 0.25) is 0 Å². The molecule has 156 valence electrons.